The van der Waals surface area contributed by atoms with Gasteiger partial charge in [0.1, 0.15) is 11.8 Å². The Morgan fingerprint density at radius 2 is 1.67 bits per heavy atom. The van der Waals surface area contributed by atoms with Crippen molar-refractivity contribution in [3.05, 3.63) is 41.5 Å². The van der Waals surface area contributed by atoms with Crippen LogP contribution in [0.15, 0.2) is 30.4 Å². The van der Waals surface area contributed by atoms with Crippen molar-refractivity contribution in [1.29, 1.82) is 0 Å². The van der Waals surface area contributed by atoms with Gasteiger partial charge in [0.2, 0.25) is 11.8 Å². The van der Waals surface area contributed by atoms with Crippen LogP contribution in [0, 0.1) is 49.4 Å². The summed E-state index contributed by atoms with van der Waals surface area (Å²) in [5.74, 6) is 0.383. The molecule has 4 aliphatic carbocycles. The van der Waals surface area contributed by atoms with E-state index >= 15 is 0 Å². The predicted molar refractivity (Wildman–Crippen MR) is 97.6 cm³/mol. The lowest BCUT2D eigenvalue weighted by molar-refractivity contribution is -0.152. The van der Waals surface area contributed by atoms with E-state index in [-0.39, 0.29) is 35.5 Å². The number of carbonyl (C=O) groups excluding carboxylic acids is 3. The number of hydrogen-bond acceptors (Lipinski definition) is 4. The van der Waals surface area contributed by atoms with Crippen LogP contribution in [0.3, 0.4) is 0 Å². The first-order valence-electron chi connectivity index (χ1n) is 9.72. The van der Waals surface area contributed by atoms with Gasteiger partial charge in [-0.05, 0) is 68.1 Å². The van der Waals surface area contributed by atoms with Gasteiger partial charge in [0, 0.05) is 0 Å². The van der Waals surface area contributed by atoms with Crippen molar-refractivity contribution in [2.75, 3.05) is 0 Å². The molecule has 1 aromatic carbocycles. The number of hydrogen-bond donors (Lipinski definition) is 0. The van der Waals surface area contributed by atoms with Crippen LogP contribution in [0.1, 0.15) is 24.5 Å². The minimum absolute atomic E-state index is 0.161. The number of carbonyl (C=O) groups is 3. The Labute approximate surface area is 158 Å². The van der Waals surface area contributed by atoms with Crippen molar-refractivity contribution in [1.82, 2.24) is 4.90 Å². The molecular formula is C22H23NO4. The molecule has 140 valence electrons. The summed E-state index contributed by atoms with van der Waals surface area (Å²) in [4.78, 5) is 40.1. The van der Waals surface area contributed by atoms with Crippen LogP contribution in [-0.4, -0.2) is 28.7 Å². The predicted octanol–water partition coefficient (Wildman–Crippen LogP) is 2.65. The first-order chi connectivity index (χ1) is 12.9. The molecule has 1 aromatic rings. The molecule has 6 rings (SSSR count). The summed E-state index contributed by atoms with van der Waals surface area (Å²) in [5.41, 5.74) is 1.83. The number of rotatable bonds is 3. The average molecular weight is 365 g/mol. The molecule has 1 aliphatic heterocycles. The lowest BCUT2D eigenvalue weighted by atomic mass is 9.63. The standard InChI is InChI=1S/C22H23NO4/c1-10-4-5-11(2)17(8-10)27-22(26)12(3)23-20(24)18-13-6-7-14(16-9-15(13)16)19(18)21(23)25/h4-8,12-16,18-19H,9H2,1-3H3/t12-,13-,14-,15-,16+,18+,19-/m1/s1. The lowest BCUT2D eigenvalue weighted by Crippen LogP contribution is -2.45. The van der Waals surface area contributed by atoms with Crippen molar-refractivity contribution in [3.63, 3.8) is 0 Å². The molecule has 0 aromatic heterocycles. The maximum absolute atomic E-state index is 13.1. The highest BCUT2D eigenvalue weighted by molar-refractivity contribution is 6.08. The van der Waals surface area contributed by atoms with Gasteiger partial charge in [-0.3, -0.25) is 14.5 Å². The Bertz CT molecular complexity index is 868. The summed E-state index contributed by atoms with van der Waals surface area (Å²) in [5, 5.41) is 0. The van der Waals surface area contributed by atoms with E-state index in [0.717, 1.165) is 17.5 Å². The van der Waals surface area contributed by atoms with E-state index in [9.17, 15) is 14.4 Å². The van der Waals surface area contributed by atoms with Crippen molar-refractivity contribution in [3.8, 4) is 5.75 Å². The highest BCUT2D eigenvalue weighted by Gasteiger charge is 2.67. The van der Waals surface area contributed by atoms with E-state index in [1.807, 2.05) is 26.0 Å². The third-order valence-electron chi connectivity index (χ3n) is 6.98. The van der Waals surface area contributed by atoms with E-state index in [1.54, 1.807) is 13.0 Å². The maximum Gasteiger partial charge on any atom is 0.334 e. The second-order valence-corrected chi connectivity index (χ2v) is 8.57. The second kappa shape index (κ2) is 5.54. The van der Waals surface area contributed by atoms with Gasteiger partial charge in [0.05, 0.1) is 11.8 Å². The average Bonchev–Trinajstić information content (AvgIpc) is 3.42. The number of allylic oxidation sites excluding steroid dienone is 2. The van der Waals surface area contributed by atoms with Gasteiger partial charge in [-0.25, -0.2) is 4.79 Å². The second-order valence-electron chi connectivity index (χ2n) is 8.57. The molecule has 0 spiro atoms. The van der Waals surface area contributed by atoms with Gasteiger partial charge < -0.3 is 4.74 Å². The zero-order valence-corrected chi connectivity index (χ0v) is 15.7. The van der Waals surface area contributed by atoms with Crippen molar-refractivity contribution < 1.29 is 19.1 Å². The summed E-state index contributed by atoms with van der Waals surface area (Å²) in [6, 6.07) is 4.72. The number of ether oxygens (including phenoxy) is 1. The summed E-state index contributed by atoms with van der Waals surface area (Å²) >= 11 is 0. The minimum Gasteiger partial charge on any atom is -0.425 e. The van der Waals surface area contributed by atoms with E-state index in [1.165, 1.54) is 4.90 Å². The van der Waals surface area contributed by atoms with E-state index in [2.05, 4.69) is 12.2 Å². The molecule has 0 unspecified atom stereocenters. The maximum atomic E-state index is 13.1. The summed E-state index contributed by atoms with van der Waals surface area (Å²) in [6.45, 7) is 5.38. The van der Waals surface area contributed by atoms with E-state index in [4.69, 9.17) is 4.74 Å². The molecule has 2 bridgehead atoms. The fourth-order valence-corrected chi connectivity index (χ4v) is 5.48. The SMILES string of the molecule is Cc1ccc(C)c(OC(=O)[C@@H](C)N2C(=O)[C@@H]3[C@@H]4C=C[C@H]([C@H]5C[C@@H]45)[C@@H]3C2=O)c1. The van der Waals surface area contributed by atoms with Crippen LogP contribution in [0.4, 0.5) is 0 Å². The Morgan fingerprint density at radius 1 is 1.07 bits per heavy atom. The Kier molecular flexibility index (Phi) is 3.43. The smallest absolute Gasteiger partial charge is 0.334 e. The normalized spacial score (nSPS) is 36.5. The van der Waals surface area contributed by atoms with Crippen LogP contribution < -0.4 is 4.74 Å². The number of likely N-dealkylation sites (tertiary alicyclic amines) is 1. The number of benzene rings is 1. The minimum atomic E-state index is -0.911. The molecule has 0 N–H and O–H groups in total. The largest absolute Gasteiger partial charge is 0.425 e. The van der Waals surface area contributed by atoms with Gasteiger partial charge in [-0.15, -0.1) is 0 Å². The monoisotopic (exact) mass is 365 g/mol. The van der Waals surface area contributed by atoms with Gasteiger partial charge in [-0.1, -0.05) is 24.3 Å². The molecule has 5 nitrogen and oxygen atoms in total. The third kappa shape index (κ3) is 2.27. The molecule has 5 aliphatic rings. The summed E-state index contributed by atoms with van der Waals surface area (Å²) in [7, 11) is 0. The zero-order chi connectivity index (χ0) is 19.0. The topological polar surface area (TPSA) is 63.7 Å². The number of nitrogens with zero attached hydrogens (tertiary/aromatic N) is 1. The fraction of sp³-hybridized carbons (Fsp3) is 0.500. The third-order valence-corrected chi connectivity index (χ3v) is 6.98. The van der Waals surface area contributed by atoms with Crippen molar-refractivity contribution in [2.24, 2.45) is 35.5 Å². The lowest BCUT2D eigenvalue weighted by Gasteiger charge is -2.37. The fourth-order valence-electron chi connectivity index (χ4n) is 5.48. The van der Waals surface area contributed by atoms with Gasteiger partial charge in [-0.2, -0.15) is 0 Å². The quantitative estimate of drug-likeness (QED) is 0.358. The Balaban J connectivity index is 1.39. The molecule has 5 heteroatoms. The molecule has 27 heavy (non-hydrogen) atoms. The first-order valence-corrected chi connectivity index (χ1v) is 9.72. The van der Waals surface area contributed by atoms with Gasteiger partial charge in [0.25, 0.3) is 0 Å². The van der Waals surface area contributed by atoms with E-state index < -0.39 is 12.0 Å². The number of esters is 1. The van der Waals surface area contributed by atoms with Crippen molar-refractivity contribution >= 4 is 17.8 Å². The Hall–Kier alpha value is -2.43. The highest BCUT2D eigenvalue weighted by Crippen LogP contribution is 2.65. The highest BCUT2D eigenvalue weighted by atomic mass is 16.5. The first kappa shape index (κ1) is 16.7. The molecule has 1 saturated heterocycles. The molecule has 7 atom stereocenters. The molecule has 2 saturated carbocycles. The summed E-state index contributed by atoms with van der Waals surface area (Å²) in [6.07, 6.45) is 5.39. The molecule has 0 radical (unpaired) electrons. The van der Waals surface area contributed by atoms with Gasteiger partial charge >= 0.3 is 5.97 Å². The molecule has 2 amide bonds. The number of aryl methyl sites for hydroxylation is 2. The molecular weight excluding hydrogens is 342 g/mol. The van der Waals surface area contributed by atoms with Crippen LogP contribution in [-0.2, 0) is 14.4 Å². The number of imide groups is 1. The molecule has 1 heterocycles. The van der Waals surface area contributed by atoms with Crippen LogP contribution in [0.25, 0.3) is 0 Å². The number of amides is 2. The van der Waals surface area contributed by atoms with Crippen LogP contribution in [0.2, 0.25) is 0 Å². The van der Waals surface area contributed by atoms with Crippen molar-refractivity contribution in [2.45, 2.75) is 33.2 Å². The zero-order valence-electron chi connectivity index (χ0n) is 15.7. The van der Waals surface area contributed by atoms with Crippen LogP contribution >= 0.6 is 0 Å². The summed E-state index contributed by atoms with van der Waals surface area (Å²) < 4.78 is 5.55. The molecule has 3 fully saturated rings. The van der Waals surface area contributed by atoms with Crippen LogP contribution in [0.5, 0.6) is 5.75 Å². The van der Waals surface area contributed by atoms with E-state index in [0.29, 0.717) is 17.6 Å². The van der Waals surface area contributed by atoms with Gasteiger partial charge in [0.15, 0.2) is 0 Å². The Morgan fingerprint density at radius 3 is 2.26 bits per heavy atom.